The first-order valence-corrected chi connectivity index (χ1v) is 3.73. The SMILES string of the molecule is COCc1nnc2c(=O)[nH]ccn12. The lowest BCUT2D eigenvalue weighted by Crippen LogP contribution is -2.09. The number of rotatable bonds is 2. The topological polar surface area (TPSA) is 72.3 Å². The van der Waals surface area contributed by atoms with Gasteiger partial charge in [-0.25, -0.2) is 0 Å². The maximum Gasteiger partial charge on any atom is 0.293 e. The van der Waals surface area contributed by atoms with Gasteiger partial charge in [0.25, 0.3) is 5.56 Å². The lowest BCUT2D eigenvalue weighted by Gasteiger charge is -1.95. The van der Waals surface area contributed by atoms with E-state index >= 15 is 0 Å². The fraction of sp³-hybridized carbons (Fsp3) is 0.286. The van der Waals surface area contributed by atoms with Crippen molar-refractivity contribution < 1.29 is 4.74 Å². The highest BCUT2D eigenvalue weighted by Gasteiger charge is 2.06. The van der Waals surface area contributed by atoms with Gasteiger partial charge in [-0.1, -0.05) is 0 Å². The average Bonchev–Trinajstić information content (AvgIpc) is 2.51. The van der Waals surface area contributed by atoms with Crippen molar-refractivity contribution in [1.82, 2.24) is 19.6 Å². The molecule has 6 nitrogen and oxygen atoms in total. The minimum atomic E-state index is -0.252. The van der Waals surface area contributed by atoms with Gasteiger partial charge in [0.2, 0.25) is 5.65 Å². The first-order chi connectivity index (χ1) is 6.33. The molecule has 0 radical (unpaired) electrons. The Bertz CT molecular complexity index is 473. The van der Waals surface area contributed by atoms with E-state index in [1.807, 2.05) is 0 Å². The van der Waals surface area contributed by atoms with Gasteiger partial charge >= 0.3 is 0 Å². The van der Waals surface area contributed by atoms with Gasteiger partial charge in [-0.3, -0.25) is 9.20 Å². The summed E-state index contributed by atoms with van der Waals surface area (Å²) in [6.07, 6.45) is 3.23. The summed E-state index contributed by atoms with van der Waals surface area (Å²) in [7, 11) is 1.56. The second kappa shape index (κ2) is 2.98. The molecule has 68 valence electrons. The second-order valence-electron chi connectivity index (χ2n) is 2.53. The Morgan fingerprint density at radius 1 is 1.62 bits per heavy atom. The van der Waals surface area contributed by atoms with Crippen molar-refractivity contribution in [2.24, 2.45) is 0 Å². The molecule has 13 heavy (non-hydrogen) atoms. The van der Waals surface area contributed by atoms with Crippen LogP contribution in [0.2, 0.25) is 0 Å². The maximum atomic E-state index is 11.2. The maximum absolute atomic E-state index is 11.2. The number of aromatic nitrogens is 4. The van der Waals surface area contributed by atoms with Crippen LogP contribution in [0.5, 0.6) is 0 Å². The number of hydrogen-bond donors (Lipinski definition) is 1. The van der Waals surface area contributed by atoms with E-state index in [4.69, 9.17) is 4.74 Å². The third-order valence-electron chi connectivity index (χ3n) is 1.68. The molecule has 0 aliphatic rings. The van der Waals surface area contributed by atoms with E-state index in [1.54, 1.807) is 17.7 Å². The van der Waals surface area contributed by atoms with Crippen LogP contribution in [-0.2, 0) is 11.3 Å². The van der Waals surface area contributed by atoms with Gasteiger partial charge in [-0.2, -0.15) is 0 Å². The summed E-state index contributed by atoms with van der Waals surface area (Å²) >= 11 is 0. The number of ether oxygens (including phenoxy) is 1. The smallest absolute Gasteiger partial charge is 0.293 e. The number of aromatic amines is 1. The largest absolute Gasteiger partial charge is 0.377 e. The van der Waals surface area contributed by atoms with Crippen molar-refractivity contribution in [3.05, 3.63) is 28.6 Å². The minimum absolute atomic E-state index is 0.252. The molecule has 0 aliphatic heterocycles. The normalized spacial score (nSPS) is 10.8. The van der Waals surface area contributed by atoms with Crippen LogP contribution in [0.15, 0.2) is 17.2 Å². The number of fused-ring (bicyclic) bond motifs is 1. The zero-order valence-electron chi connectivity index (χ0n) is 7.02. The van der Waals surface area contributed by atoms with E-state index < -0.39 is 0 Å². The summed E-state index contributed by atoms with van der Waals surface area (Å²) in [6.45, 7) is 0.338. The fourth-order valence-electron chi connectivity index (χ4n) is 1.11. The lowest BCUT2D eigenvalue weighted by atomic mass is 10.6. The summed E-state index contributed by atoms with van der Waals surface area (Å²) in [5.74, 6) is 0.614. The molecule has 0 bridgehead atoms. The van der Waals surface area contributed by atoms with Crippen LogP contribution in [0.4, 0.5) is 0 Å². The van der Waals surface area contributed by atoms with Gasteiger partial charge in [-0.15, -0.1) is 10.2 Å². The van der Waals surface area contributed by atoms with Crippen LogP contribution in [0.3, 0.4) is 0 Å². The molecule has 0 aromatic carbocycles. The molecule has 0 aliphatic carbocycles. The van der Waals surface area contributed by atoms with Gasteiger partial charge in [0.1, 0.15) is 6.61 Å². The molecule has 0 saturated carbocycles. The molecule has 0 unspecified atom stereocenters. The molecule has 0 spiro atoms. The molecule has 0 amide bonds. The highest BCUT2D eigenvalue weighted by atomic mass is 16.5. The van der Waals surface area contributed by atoms with E-state index in [2.05, 4.69) is 15.2 Å². The summed E-state index contributed by atoms with van der Waals surface area (Å²) < 4.78 is 6.50. The number of nitrogens with one attached hydrogen (secondary N) is 1. The number of nitrogens with zero attached hydrogens (tertiary/aromatic N) is 3. The van der Waals surface area contributed by atoms with Crippen molar-refractivity contribution in [3.8, 4) is 0 Å². The monoisotopic (exact) mass is 180 g/mol. The van der Waals surface area contributed by atoms with Gasteiger partial charge < -0.3 is 9.72 Å². The van der Waals surface area contributed by atoms with Crippen molar-refractivity contribution >= 4 is 5.65 Å². The van der Waals surface area contributed by atoms with E-state index in [1.165, 1.54) is 6.20 Å². The third kappa shape index (κ3) is 1.20. The van der Waals surface area contributed by atoms with Crippen molar-refractivity contribution in [2.45, 2.75) is 6.61 Å². The van der Waals surface area contributed by atoms with Crippen molar-refractivity contribution in [1.29, 1.82) is 0 Å². The summed E-state index contributed by atoms with van der Waals surface area (Å²) in [5, 5.41) is 7.54. The van der Waals surface area contributed by atoms with Gasteiger partial charge in [0.05, 0.1) is 0 Å². The summed E-state index contributed by atoms with van der Waals surface area (Å²) in [4.78, 5) is 13.7. The highest BCUT2D eigenvalue weighted by molar-refractivity contribution is 5.33. The molecule has 0 saturated heterocycles. The third-order valence-corrected chi connectivity index (χ3v) is 1.68. The lowest BCUT2D eigenvalue weighted by molar-refractivity contribution is 0.177. The molecular weight excluding hydrogens is 172 g/mol. The van der Waals surface area contributed by atoms with Crippen molar-refractivity contribution in [3.63, 3.8) is 0 Å². The van der Waals surface area contributed by atoms with Crippen LogP contribution in [0.25, 0.3) is 5.65 Å². The van der Waals surface area contributed by atoms with Crippen LogP contribution in [-0.4, -0.2) is 26.7 Å². The van der Waals surface area contributed by atoms with E-state index in [-0.39, 0.29) is 11.2 Å². The van der Waals surface area contributed by atoms with E-state index in [0.717, 1.165) is 0 Å². The Balaban J connectivity index is 2.68. The molecule has 0 fully saturated rings. The Labute approximate surface area is 73.2 Å². The van der Waals surface area contributed by atoms with Crippen LogP contribution < -0.4 is 5.56 Å². The molecule has 2 aromatic rings. The predicted octanol–water partition coefficient (Wildman–Crippen LogP) is -0.436. The molecule has 2 heterocycles. The van der Waals surface area contributed by atoms with Crippen molar-refractivity contribution in [2.75, 3.05) is 7.11 Å². The Morgan fingerprint density at radius 3 is 3.23 bits per heavy atom. The molecule has 0 atom stereocenters. The van der Waals surface area contributed by atoms with E-state index in [0.29, 0.717) is 12.4 Å². The highest BCUT2D eigenvalue weighted by Crippen LogP contribution is 1.98. The number of H-pyrrole nitrogens is 1. The van der Waals surface area contributed by atoms with Gasteiger partial charge in [-0.05, 0) is 0 Å². The van der Waals surface area contributed by atoms with Gasteiger partial charge in [0, 0.05) is 19.5 Å². The average molecular weight is 180 g/mol. The van der Waals surface area contributed by atoms with Crippen LogP contribution >= 0.6 is 0 Å². The first-order valence-electron chi connectivity index (χ1n) is 3.73. The van der Waals surface area contributed by atoms with Crippen LogP contribution in [0, 0.1) is 0 Å². The fourth-order valence-corrected chi connectivity index (χ4v) is 1.11. The molecule has 2 aromatic heterocycles. The minimum Gasteiger partial charge on any atom is -0.377 e. The zero-order valence-corrected chi connectivity index (χ0v) is 7.02. The number of hydrogen-bond acceptors (Lipinski definition) is 4. The Hall–Kier alpha value is -1.69. The quantitative estimate of drug-likeness (QED) is 0.680. The predicted molar refractivity (Wildman–Crippen MR) is 44.3 cm³/mol. The first kappa shape index (κ1) is 7.93. The Morgan fingerprint density at radius 2 is 2.46 bits per heavy atom. The standard InChI is InChI=1S/C7H8N4O2/c1-13-4-5-9-10-6-7(12)8-2-3-11(5)6/h2-3H,4H2,1H3,(H,8,12). The molecule has 1 N–H and O–H groups in total. The Kier molecular flexibility index (Phi) is 1.82. The molecular formula is C7H8N4O2. The second-order valence-corrected chi connectivity index (χ2v) is 2.53. The van der Waals surface area contributed by atoms with Crippen LogP contribution in [0.1, 0.15) is 5.82 Å². The van der Waals surface area contributed by atoms with Gasteiger partial charge in [0.15, 0.2) is 5.82 Å². The summed E-state index contributed by atoms with van der Waals surface area (Å²) in [6, 6.07) is 0. The molecule has 6 heteroatoms. The zero-order chi connectivity index (χ0) is 9.26. The molecule has 2 rings (SSSR count). The summed E-state index contributed by atoms with van der Waals surface area (Å²) in [5.41, 5.74) is 0.0342. The number of methoxy groups -OCH3 is 1. The van der Waals surface area contributed by atoms with E-state index in [9.17, 15) is 4.79 Å².